The van der Waals surface area contributed by atoms with Gasteiger partial charge < -0.3 is 24.4 Å². The van der Waals surface area contributed by atoms with Crippen molar-refractivity contribution in [3.8, 4) is 0 Å². The van der Waals surface area contributed by atoms with Crippen LogP contribution in [-0.2, 0) is 23.9 Å². The summed E-state index contributed by atoms with van der Waals surface area (Å²) in [5.74, 6) is -2.19. The van der Waals surface area contributed by atoms with Crippen LogP contribution in [0.2, 0.25) is 0 Å². The van der Waals surface area contributed by atoms with Gasteiger partial charge in [0, 0.05) is 25.2 Å². The van der Waals surface area contributed by atoms with Gasteiger partial charge in [-0.3, -0.25) is 14.4 Å². The zero-order valence-corrected chi connectivity index (χ0v) is 24.7. The molecule has 216 valence electrons. The second kappa shape index (κ2) is 11.3. The molecule has 0 aromatic rings. The summed E-state index contributed by atoms with van der Waals surface area (Å²) in [5, 5.41) is 9.26. The van der Waals surface area contributed by atoms with Gasteiger partial charge in [0.25, 0.3) is 0 Å². The fraction of sp³-hybridized carbons (Fsp3) is 0.833. The number of esters is 1. The number of hydrogen-bond acceptors (Lipinski definition) is 6. The molecule has 5 atom stereocenters. The van der Waals surface area contributed by atoms with E-state index in [0.29, 0.717) is 45.2 Å². The Labute approximate surface area is 229 Å². The molecule has 0 aromatic carbocycles. The molecule has 3 heterocycles. The first-order valence-electron chi connectivity index (χ1n) is 14.5. The number of fused-ring (bicyclic) bond motifs is 1. The lowest BCUT2D eigenvalue weighted by Crippen LogP contribution is -2.61. The molecular formula is C30H50N2O6. The van der Waals surface area contributed by atoms with Crippen LogP contribution in [0.5, 0.6) is 0 Å². The molecule has 0 radical (unpaired) electrons. The minimum atomic E-state index is -1.06. The molecule has 2 bridgehead atoms. The van der Waals surface area contributed by atoms with Crippen molar-refractivity contribution < 1.29 is 29.0 Å². The van der Waals surface area contributed by atoms with Crippen LogP contribution in [0, 0.1) is 17.3 Å². The molecule has 8 nitrogen and oxygen atoms in total. The highest BCUT2D eigenvalue weighted by molar-refractivity contribution is 5.98. The van der Waals surface area contributed by atoms with Crippen LogP contribution in [0.25, 0.3) is 0 Å². The van der Waals surface area contributed by atoms with Gasteiger partial charge in [0.05, 0.1) is 18.1 Å². The van der Waals surface area contributed by atoms with E-state index >= 15 is 0 Å². The van der Waals surface area contributed by atoms with E-state index in [1.54, 1.807) is 17.9 Å². The number of aliphatic hydroxyl groups excluding tert-OH is 1. The van der Waals surface area contributed by atoms with Gasteiger partial charge in [-0.2, -0.15) is 0 Å². The Morgan fingerprint density at radius 3 is 2.42 bits per heavy atom. The number of ether oxygens (including phenoxy) is 2. The summed E-state index contributed by atoms with van der Waals surface area (Å²) in [4.78, 5) is 45.7. The Bertz CT molecular complexity index is 911. The number of carbonyl (C=O) groups excluding carboxylic acids is 3. The minimum absolute atomic E-state index is 0.0247. The van der Waals surface area contributed by atoms with Crippen LogP contribution in [0.4, 0.5) is 0 Å². The molecule has 8 heteroatoms. The molecule has 2 unspecified atom stereocenters. The van der Waals surface area contributed by atoms with Crippen LogP contribution < -0.4 is 0 Å². The Morgan fingerprint density at radius 2 is 1.87 bits per heavy atom. The molecule has 1 spiro atoms. The average molecular weight is 535 g/mol. The van der Waals surface area contributed by atoms with E-state index < -0.39 is 40.6 Å². The number of hydrogen-bond donors (Lipinski definition) is 1. The quantitative estimate of drug-likeness (QED) is 0.217. The predicted octanol–water partition coefficient (Wildman–Crippen LogP) is 4.10. The molecule has 3 aliphatic heterocycles. The van der Waals surface area contributed by atoms with E-state index in [9.17, 15) is 19.5 Å². The standard InChI is InChI=1S/C30H50N2O6/c1-9-17-32(28(7,8)20-27(4,5)6)25(35)23-30-16-15-29(10-2,38-30)22(26(36)37-11-3)21(30)24(34)31(23)18-13-12-14-19-33/h9,21-23,33H,1,10-20H2,2-8H3/t21-,22+,23?,29-,30?/m0/s1. The third-order valence-corrected chi connectivity index (χ3v) is 8.78. The highest BCUT2D eigenvalue weighted by atomic mass is 16.6. The van der Waals surface area contributed by atoms with Gasteiger partial charge in [0.1, 0.15) is 17.6 Å². The molecule has 3 fully saturated rings. The van der Waals surface area contributed by atoms with Gasteiger partial charge in [0.15, 0.2) is 0 Å². The monoisotopic (exact) mass is 534 g/mol. The van der Waals surface area contributed by atoms with Crippen molar-refractivity contribution >= 4 is 17.8 Å². The smallest absolute Gasteiger partial charge is 0.312 e. The maximum absolute atomic E-state index is 14.7. The van der Waals surface area contributed by atoms with Crippen LogP contribution in [0.1, 0.15) is 93.4 Å². The summed E-state index contributed by atoms with van der Waals surface area (Å²) >= 11 is 0. The molecule has 0 aromatic heterocycles. The van der Waals surface area contributed by atoms with E-state index in [2.05, 4.69) is 41.2 Å². The lowest BCUT2D eigenvalue weighted by molar-refractivity contribution is -0.162. The predicted molar refractivity (Wildman–Crippen MR) is 146 cm³/mol. The Hall–Kier alpha value is -1.93. The van der Waals surface area contributed by atoms with Crippen molar-refractivity contribution in [3.05, 3.63) is 12.7 Å². The van der Waals surface area contributed by atoms with Crippen molar-refractivity contribution in [1.29, 1.82) is 0 Å². The van der Waals surface area contributed by atoms with Crippen molar-refractivity contribution in [3.63, 3.8) is 0 Å². The largest absolute Gasteiger partial charge is 0.466 e. The minimum Gasteiger partial charge on any atom is -0.466 e. The van der Waals surface area contributed by atoms with Crippen molar-refractivity contribution in [2.24, 2.45) is 17.3 Å². The van der Waals surface area contributed by atoms with Gasteiger partial charge in [-0.15, -0.1) is 6.58 Å². The lowest BCUT2D eigenvalue weighted by Gasteiger charge is -2.45. The van der Waals surface area contributed by atoms with Gasteiger partial charge in [-0.1, -0.05) is 33.8 Å². The normalized spacial score (nSPS) is 30.5. The first kappa shape index (κ1) is 30.6. The zero-order chi connectivity index (χ0) is 28.5. The molecule has 38 heavy (non-hydrogen) atoms. The Kier molecular flexibility index (Phi) is 9.09. The maximum Gasteiger partial charge on any atom is 0.312 e. The van der Waals surface area contributed by atoms with Crippen molar-refractivity contribution in [1.82, 2.24) is 9.80 Å². The number of nitrogens with zero attached hydrogens (tertiary/aromatic N) is 2. The topological polar surface area (TPSA) is 96.4 Å². The van der Waals surface area contributed by atoms with Crippen LogP contribution in [-0.4, -0.2) is 81.8 Å². The van der Waals surface area contributed by atoms with E-state index in [1.807, 2.05) is 11.8 Å². The van der Waals surface area contributed by atoms with Gasteiger partial charge in [-0.25, -0.2) is 0 Å². The second-order valence-corrected chi connectivity index (χ2v) is 13.2. The summed E-state index contributed by atoms with van der Waals surface area (Å²) in [5.41, 5.74) is -2.37. The summed E-state index contributed by atoms with van der Waals surface area (Å²) in [6.45, 7) is 19.3. The SMILES string of the molecule is C=CCN(C(=O)C1N(CCCCCO)C(=O)[C@@H]2[C@H](C(=O)OCC)[C@]3(CC)CCC12O3)C(C)(C)CC(C)(C)C. The van der Waals surface area contributed by atoms with E-state index in [0.717, 1.165) is 12.8 Å². The van der Waals surface area contributed by atoms with Crippen LogP contribution in [0.3, 0.4) is 0 Å². The average Bonchev–Trinajstić information content (AvgIpc) is 3.42. The number of amides is 2. The molecule has 0 aliphatic carbocycles. The van der Waals surface area contributed by atoms with E-state index in [1.165, 1.54) is 0 Å². The molecule has 3 rings (SSSR count). The number of rotatable bonds is 13. The number of carbonyl (C=O) groups is 3. The lowest BCUT2D eigenvalue weighted by atomic mass is 9.65. The van der Waals surface area contributed by atoms with Crippen molar-refractivity contribution in [2.45, 2.75) is 116 Å². The number of unbranched alkanes of at least 4 members (excludes halogenated alkanes) is 2. The van der Waals surface area contributed by atoms with Crippen molar-refractivity contribution in [2.75, 3.05) is 26.3 Å². The van der Waals surface area contributed by atoms with Crippen LogP contribution >= 0.6 is 0 Å². The number of aliphatic hydroxyl groups is 1. The molecule has 3 saturated heterocycles. The Morgan fingerprint density at radius 1 is 1.18 bits per heavy atom. The molecule has 1 N–H and O–H groups in total. The van der Waals surface area contributed by atoms with Gasteiger partial charge >= 0.3 is 5.97 Å². The summed E-state index contributed by atoms with van der Waals surface area (Å²) in [6.07, 6.45) is 6.29. The van der Waals surface area contributed by atoms with E-state index in [-0.39, 0.29) is 30.4 Å². The fourth-order valence-corrected chi connectivity index (χ4v) is 7.70. The third-order valence-electron chi connectivity index (χ3n) is 8.78. The highest BCUT2D eigenvalue weighted by Crippen LogP contribution is 2.64. The molecule has 3 aliphatic rings. The zero-order valence-electron chi connectivity index (χ0n) is 24.7. The second-order valence-electron chi connectivity index (χ2n) is 13.2. The first-order valence-corrected chi connectivity index (χ1v) is 14.5. The number of likely N-dealkylation sites (tertiary alicyclic amines) is 1. The molecular weight excluding hydrogens is 484 g/mol. The maximum atomic E-state index is 14.7. The Balaban J connectivity index is 2.09. The summed E-state index contributed by atoms with van der Waals surface area (Å²) < 4.78 is 12.3. The van der Waals surface area contributed by atoms with Gasteiger partial charge in [0.2, 0.25) is 11.8 Å². The van der Waals surface area contributed by atoms with Crippen LogP contribution in [0.15, 0.2) is 12.7 Å². The van der Waals surface area contributed by atoms with E-state index in [4.69, 9.17) is 9.47 Å². The fourth-order valence-electron chi connectivity index (χ4n) is 7.70. The summed E-state index contributed by atoms with van der Waals surface area (Å²) in [7, 11) is 0. The third kappa shape index (κ3) is 5.27. The van der Waals surface area contributed by atoms with Gasteiger partial charge in [-0.05, 0) is 71.1 Å². The first-order chi connectivity index (χ1) is 17.7. The molecule has 0 saturated carbocycles. The highest BCUT2D eigenvalue weighted by Gasteiger charge is 2.79. The summed E-state index contributed by atoms with van der Waals surface area (Å²) in [6, 6.07) is -0.818. The molecule has 2 amide bonds.